The fourth-order valence-corrected chi connectivity index (χ4v) is 2.16. The van der Waals surface area contributed by atoms with E-state index in [0.717, 1.165) is 6.26 Å². The van der Waals surface area contributed by atoms with Gasteiger partial charge in [0.2, 0.25) is 5.91 Å². The highest BCUT2D eigenvalue weighted by Gasteiger charge is 2.11. The van der Waals surface area contributed by atoms with Crippen LogP contribution in [-0.2, 0) is 14.6 Å². The minimum atomic E-state index is -3.11. The van der Waals surface area contributed by atoms with Crippen molar-refractivity contribution in [3.05, 3.63) is 23.2 Å². The number of nitrogens with two attached hydrogens (primary N) is 1. The first-order valence-electron chi connectivity index (χ1n) is 6.83. The minimum Gasteiger partial charge on any atom is -0.490 e. The lowest BCUT2D eigenvalue weighted by Gasteiger charge is -2.13. The van der Waals surface area contributed by atoms with Crippen molar-refractivity contribution in [2.75, 3.05) is 23.9 Å². The molecule has 3 N–H and O–H groups in total. The van der Waals surface area contributed by atoms with E-state index in [1.807, 2.05) is 6.92 Å². The predicted molar refractivity (Wildman–Crippen MR) is 88.2 cm³/mol. The highest BCUT2D eigenvalue weighted by molar-refractivity contribution is 7.90. The maximum Gasteiger partial charge on any atom is 0.224 e. The summed E-state index contributed by atoms with van der Waals surface area (Å²) in [6.45, 7) is 1.83. The Morgan fingerprint density at radius 3 is 2.73 bits per heavy atom. The maximum atomic E-state index is 11.9. The quantitative estimate of drug-likeness (QED) is 0.746. The van der Waals surface area contributed by atoms with Crippen LogP contribution in [0.15, 0.2) is 18.2 Å². The molecule has 22 heavy (non-hydrogen) atoms. The highest BCUT2D eigenvalue weighted by atomic mass is 35.5. The molecule has 0 bridgehead atoms. The van der Waals surface area contributed by atoms with Gasteiger partial charge >= 0.3 is 0 Å². The molecule has 0 aliphatic heterocycles. The van der Waals surface area contributed by atoms with Crippen molar-refractivity contribution in [2.45, 2.75) is 25.8 Å². The Morgan fingerprint density at radius 2 is 2.14 bits per heavy atom. The second-order valence-electron chi connectivity index (χ2n) is 5.18. The molecule has 1 aromatic carbocycles. The number of benzene rings is 1. The van der Waals surface area contributed by atoms with Crippen molar-refractivity contribution >= 4 is 33.0 Å². The zero-order chi connectivity index (χ0) is 16.8. The molecule has 0 saturated heterocycles. The van der Waals surface area contributed by atoms with Crippen LogP contribution in [0.2, 0.25) is 5.02 Å². The largest absolute Gasteiger partial charge is 0.490 e. The number of nitrogens with one attached hydrogen (secondary N) is 1. The maximum absolute atomic E-state index is 11.9. The van der Waals surface area contributed by atoms with Crippen molar-refractivity contribution in [1.29, 1.82) is 0 Å². The van der Waals surface area contributed by atoms with E-state index in [4.69, 9.17) is 22.1 Å². The van der Waals surface area contributed by atoms with Gasteiger partial charge in [0.25, 0.3) is 0 Å². The number of hydrogen-bond donors (Lipinski definition) is 2. The third kappa shape index (κ3) is 7.63. The highest BCUT2D eigenvalue weighted by Crippen LogP contribution is 2.28. The van der Waals surface area contributed by atoms with Gasteiger partial charge in [0.05, 0.1) is 11.4 Å². The smallest absolute Gasteiger partial charge is 0.224 e. The summed E-state index contributed by atoms with van der Waals surface area (Å²) in [6, 6.07) is 4.69. The second-order valence-corrected chi connectivity index (χ2v) is 7.88. The molecule has 1 atom stereocenters. The average Bonchev–Trinajstić information content (AvgIpc) is 2.37. The lowest BCUT2D eigenvalue weighted by atomic mass is 10.2. The number of hydrogen-bond acceptors (Lipinski definition) is 5. The SMILES string of the molecule is CC(N)CCC(=O)Nc1cc(Cl)ccc1OCCS(C)(=O)=O. The predicted octanol–water partition coefficient (Wildman–Crippen LogP) is 1.83. The van der Waals surface area contributed by atoms with Gasteiger partial charge in [-0.3, -0.25) is 4.79 Å². The van der Waals surface area contributed by atoms with Crippen LogP contribution >= 0.6 is 11.6 Å². The van der Waals surface area contributed by atoms with Crippen LogP contribution in [0.3, 0.4) is 0 Å². The third-order valence-corrected chi connectivity index (χ3v) is 3.90. The minimum absolute atomic E-state index is 0.00315. The van der Waals surface area contributed by atoms with Crippen molar-refractivity contribution < 1.29 is 17.9 Å². The van der Waals surface area contributed by atoms with Crippen LogP contribution in [0.1, 0.15) is 19.8 Å². The summed E-state index contributed by atoms with van der Waals surface area (Å²) in [5, 5.41) is 3.14. The van der Waals surface area contributed by atoms with E-state index in [9.17, 15) is 13.2 Å². The molecule has 0 heterocycles. The zero-order valence-electron chi connectivity index (χ0n) is 12.6. The van der Waals surface area contributed by atoms with Crippen molar-refractivity contribution in [3.63, 3.8) is 0 Å². The topological polar surface area (TPSA) is 98.5 Å². The van der Waals surface area contributed by atoms with Crippen molar-refractivity contribution in [3.8, 4) is 5.75 Å². The fraction of sp³-hybridized carbons (Fsp3) is 0.500. The van der Waals surface area contributed by atoms with E-state index in [0.29, 0.717) is 22.9 Å². The molecule has 0 aliphatic carbocycles. The number of rotatable bonds is 8. The lowest BCUT2D eigenvalue weighted by Crippen LogP contribution is -2.20. The lowest BCUT2D eigenvalue weighted by molar-refractivity contribution is -0.116. The van der Waals surface area contributed by atoms with Crippen LogP contribution in [0.25, 0.3) is 0 Å². The Hall–Kier alpha value is -1.31. The second kappa shape index (κ2) is 8.36. The Bertz CT molecular complexity index is 617. The van der Waals surface area contributed by atoms with Gasteiger partial charge < -0.3 is 15.8 Å². The molecule has 0 aromatic heterocycles. The summed E-state index contributed by atoms with van der Waals surface area (Å²) in [4.78, 5) is 11.9. The molecule has 1 aromatic rings. The molecule has 0 radical (unpaired) electrons. The summed E-state index contributed by atoms with van der Waals surface area (Å²) in [6.07, 6.45) is 1.98. The number of ether oxygens (including phenoxy) is 1. The summed E-state index contributed by atoms with van der Waals surface area (Å²) >= 11 is 5.91. The normalized spacial score (nSPS) is 12.7. The van der Waals surface area contributed by atoms with E-state index in [-0.39, 0.29) is 30.7 Å². The van der Waals surface area contributed by atoms with Gasteiger partial charge in [-0.25, -0.2) is 8.42 Å². The number of carbonyl (C=O) groups is 1. The molecule has 0 spiro atoms. The number of halogens is 1. The van der Waals surface area contributed by atoms with Crippen LogP contribution in [0.5, 0.6) is 5.75 Å². The molecular formula is C14H21ClN2O4S. The molecule has 0 saturated carbocycles. The van der Waals surface area contributed by atoms with Crippen LogP contribution < -0.4 is 15.8 Å². The van der Waals surface area contributed by atoms with Gasteiger partial charge in [0.1, 0.15) is 12.4 Å². The van der Waals surface area contributed by atoms with E-state index < -0.39 is 9.84 Å². The van der Waals surface area contributed by atoms with Gasteiger partial charge in [-0.05, 0) is 31.5 Å². The molecule has 1 amide bonds. The monoisotopic (exact) mass is 348 g/mol. The van der Waals surface area contributed by atoms with Crippen molar-refractivity contribution in [2.24, 2.45) is 5.73 Å². The molecule has 1 rings (SSSR count). The summed E-state index contributed by atoms with van der Waals surface area (Å²) < 4.78 is 27.6. The van der Waals surface area contributed by atoms with Crippen LogP contribution in [0.4, 0.5) is 5.69 Å². The summed E-state index contributed by atoms with van der Waals surface area (Å²) in [5.41, 5.74) is 6.02. The summed E-state index contributed by atoms with van der Waals surface area (Å²) in [7, 11) is -3.11. The molecule has 0 aliphatic rings. The first-order valence-corrected chi connectivity index (χ1v) is 9.27. The summed E-state index contributed by atoms with van der Waals surface area (Å²) in [5.74, 6) is 0.0722. The standard InChI is InChI=1S/C14H21ClN2O4S/c1-10(16)3-6-14(18)17-12-9-11(15)4-5-13(12)21-7-8-22(2,19)20/h4-5,9-10H,3,6-8,16H2,1-2H3,(H,17,18). The first-order chi connectivity index (χ1) is 10.2. The molecule has 6 nitrogen and oxygen atoms in total. The van der Waals surface area contributed by atoms with E-state index in [1.165, 1.54) is 0 Å². The fourth-order valence-electron chi connectivity index (χ4n) is 1.60. The molecular weight excluding hydrogens is 328 g/mol. The van der Waals surface area contributed by atoms with E-state index >= 15 is 0 Å². The zero-order valence-corrected chi connectivity index (χ0v) is 14.2. The number of carbonyl (C=O) groups excluding carboxylic acids is 1. The first kappa shape index (κ1) is 18.7. The van der Waals surface area contributed by atoms with Gasteiger partial charge in [0, 0.05) is 23.7 Å². The van der Waals surface area contributed by atoms with E-state index in [2.05, 4.69) is 5.32 Å². The Kier molecular flexibility index (Phi) is 7.12. The van der Waals surface area contributed by atoms with Gasteiger partial charge in [-0.1, -0.05) is 11.6 Å². The molecule has 0 fully saturated rings. The van der Waals surface area contributed by atoms with Crippen molar-refractivity contribution in [1.82, 2.24) is 0 Å². The van der Waals surface area contributed by atoms with Gasteiger partial charge in [-0.2, -0.15) is 0 Å². The Morgan fingerprint density at radius 1 is 1.45 bits per heavy atom. The number of amides is 1. The molecule has 1 unspecified atom stereocenters. The van der Waals surface area contributed by atoms with Crippen LogP contribution in [0, 0.1) is 0 Å². The molecule has 8 heteroatoms. The average molecular weight is 349 g/mol. The van der Waals surface area contributed by atoms with E-state index in [1.54, 1.807) is 18.2 Å². The Labute approximate surface area is 135 Å². The van der Waals surface area contributed by atoms with Gasteiger partial charge in [-0.15, -0.1) is 0 Å². The Balaban J connectivity index is 2.71. The number of anilines is 1. The van der Waals surface area contributed by atoms with Gasteiger partial charge in [0.15, 0.2) is 9.84 Å². The molecule has 124 valence electrons. The van der Waals surface area contributed by atoms with Crippen LogP contribution in [-0.4, -0.2) is 39.0 Å². The third-order valence-electron chi connectivity index (χ3n) is 2.75. The number of sulfone groups is 1.